The zero-order chi connectivity index (χ0) is 13.5. The van der Waals surface area contributed by atoms with Crippen molar-refractivity contribution in [1.82, 2.24) is 5.32 Å². The van der Waals surface area contributed by atoms with Crippen molar-refractivity contribution in [3.05, 3.63) is 29.3 Å². The van der Waals surface area contributed by atoms with Crippen LogP contribution in [0, 0.1) is 5.92 Å². The molecule has 0 saturated carbocycles. The topological polar surface area (TPSA) is 21.3 Å². The van der Waals surface area contributed by atoms with Crippen LogP contribution in [-0.2, 0) is 12.8 Å². The van der Waals surface area contributed by atoms with Gasteiger partial charge in [-0.3, -0.25) is 0 Å². The molecule has 1 aromatic rings. The largest absolute Gasteiger partial charge is 0.493 e. The van der Waals surface area contributed by atoms with Gasteiger partial charge in [0, 0.05) is 6.42 Å². The number of benzene rings is 1. The van der Waals surface area contributed by atoms with Crippen molar-refractivity contribution in [3.8, 4) is 5.75 Å². The lowest BCUT2D eigenvalue weighted by Crippen LogP contribution is -2.20. The van der Waals surface area contributed by atoms with E-state index < -0.39 is 0 Å². The fourth-order valence-electron chi connectivity index (χ4n) is 2.54. The Morgan fingerprint density at radius 2 is 2.11 bits per heavy atom. The van der Waals surface area contributed by atoms with Gasteiger partial charge in [-0.25, -0.2) is 0 Å². The number of nitrogens with one attached hydrogen (secondary N) is 1. The number of unbranched alkanes of at least 4 members (excludes halogenated alkanes) is 2. The first-order valence-electron chi connectivity index (χ1n) is 7.71. The first-order chi connectivity index (χ1) is 9.25. The number of rotatable bonds is 8. The molecular formula is C17H27NO. The molecule has 2 rings (SSSR count). The smallest absolute Gasteiger partial charge is 0.122 e. The highest BCUT2D eigenvalue weighted by molar-refractivity contribution is 5.39. The van der Waals surface area contributed by atoms with Crippen LogP contribution in [0.1, 0.15) is 44.2 Å². The second-order valence-corrected chi connectivity index (χ2v) is 5.95. The standard InChI is InChI=1S/C17H27NO/c1-14(2)13-18-10-5-3-4-6-15-7-8-17-16(12-15)9-11-19-17/h7-8,12,14,18H,3-6,9-11,13H2,1-2H3. The second-order valence-electron chi connectivity index (χ2n) is 5.95. The summed E-state index contributed by atoms with van der Waals surface area (Å²) in [6.07, 6.45) is 6.20. The van der Waals surface area contributed by atoms with E-state index >= 15 is 0 Å². The summed E-state index contributed by atoms with van der Waals surface area (Å²) in [4.78, 5) is 0. The zero-order valence-corrected chi connectivity index (χ0v) is 12.4. The fraction of sp³-hybridized carbons (Fsp3) is 0.647. The van der Waals surface area contributed by atoms with Gasteiger partial charge in [0.2, 0.25) is 0 Å². The molecule has 19 heavy (non-hydrogen) atoms. The maximum absolute atomic E-state index is 5.53. The number of ether oxygens (including phenoxy) is 1. The van der Waals surface area contributed by atoms with Gasteiger partial charge in [0.1, 0.15) is 5.75 Å². The third-order valence-electron chi connectivity index (χ3n) is 3.63. The Morgan fingerprint density at radius 1 is 1.21 bits per heavy atom. The highest BCUT2D eigenvalue weighted by Crippen LogP contribution is 2.26. The molecule has 2 heteroatoms. The Hall–Kier alpha value is -1.02. The molecule has 0 aromatic heterocycles. The van der Waals surface area contributed by atoms with Gasteiger partial charge in [-0.2, -0.15) is 0 Å². The van der Waals surface area contributed by atoms with Crippen LogP contribution < -0.4 is 10.1 Å². The molecule has 0 fully saturated rings. The van der Waals surface area contributed by atoms with Crippen molar-refractivity contribution < 1.29 is 4.74 Å². The van der Waals surface area contributed by atoms with E-state index in [9.17, 15) is 0 Å². The van der Waals surface area contributed by atoms with Crippen molar-refractivity contribution in [2.45, 2.75) is 46.0 Å². The van der Waals surface area contributed by atoms with E-state index in [1.807, 2.05) is 0 Å². The maximum atomic E-state index is 5.53. The Kier molecular flexibility index (Phi) is 5.71. The first kappa shape index (κ1) is 14.4. The highest BCUT2D eigenvalue weighted by atomic mass is 16.5. The molecule has 0 amide bonds. The molecule has 106 valence electrons. The van der Waals surface area contributed by atoms with Crippen LogP contribution in [-0.4, -0.2) is 19.7 Å². The van der Waals surface area contributed by atoms with Crippen molar-refractivity contribution in [2.75, 3.05) is 19.7 Å². The highest BCUT2D eigenvalue weighted by Gasteiger charge is 2.11. The summed E-state index contributed by atoms with van der Waals surface area (Å²) < 4.78 is 5.53. The minimum absolute atomic E-state index is 0.758. The minimum atomic E-state index is 0.758. The van der Waals surface area contributed by atoms with E-state index in [0.29, 0.717) is 0 Å². The van der Waals surface area contributed by atoms with Gasteiger partial charge >= 0.3 is 0 Å². The van der Waals surface area contributed by atoms with Crippen LogP contribution in [0.2, 0.25) is 0 Å². The summed E-state index contributed by atoms with van der Waals surface area (Å²) in [5, 5.41) is 3.50. The molecule has 0 bridgehead atoms. The van der Waals surface area contributed by atoms with Crippen LogP contribution >= 0.6 is 0 Å². The Morgan fingerprint density at radius 3 is 2.95 bits per heavy atom. The molecule has 0 unspecified atom stereocenters. The summed E-state index contributed by atoms with van der Waals surface area (Å²) >= 11 is 0. The molecule has 1 aliphatic heterocycles. The van der Waals surface area contributed by atoms with E-state index in [4.69, 9.17) is 4.74 Å². The van der Waals surface area contributed by atoms with Gasteiger partial charge in [-0.05, 0) is 55.5 Å². The van der Waals surface area contributed by atoms with Crippen molar-refractivity contribution in [2.24, 2.45) is 5.92 Å². The lowest BCUT2D eigenvalue weighted by Gasteiger charge is -2.07. The van der Waals surface area contributed by atoms with Gasteiger partial charge in [-0.1, -0.05) is 32.4 Å². The van der Waals surface area contributed by atoms with Crippen molar-refractivity contribution in [1.29, 1.82) is 0 Å². The summed E-state index contributed by atoms with van der Waals surface area (Å²) in [6.45, 7) is 7.68. The van der Waals surface area contributed by atoms with Gasteiger partial charge < -0.3 is 10.1 Å². The van der Waals surface area contributed by atoms with Crippen molar-refractivity contribution in [3.63, 3.8) is 0 Å². The molecule has 1 aromatic carbocycles. The molecule has 0 aliphatic carbocycles. The van der Waals surface area contributed by atoms with Gasteiger partial charge in [0.05, 0.1) is 6.61 Å². The third kappa shape index (κ3) is 4.87. The molecule has 0 radical (unpaired) electrons. The number of hydrogen-bond acceptors (Lipinski definition) is 2. The molecular weight excluding hydrogens is 234 g/mol. The number of fused-ring (bicyclic) bond motifs is 1. The van der Waals surface area contributed by atoms with Crippen LogP contribution in [0.15, 0.2) is 18.2 Å². The van der Waals surface area contributed by atoms with Gasteiger partial charge in [0.15, 0.2) is 0 Å². The molecule has 1 heterocycles. The fourth-order valence-corrected chi connectivity index (χ4v) is 2.54. The number of aryl methyl sites for hydroxylation is 1. The molecule has 0 atom stereocenters. The summed E-state index contributed by atoms with van der Waals surface area (Å²) in [6, 6.07) is 6.70. The van der Waals surface area contributed by atoms with Crippen molar-refractivity contribution >= 4 is 0 Å². The van der Waals surface area contributed by atoms with Crippen LogP contribution in [0.5, 0.6) is 5.75 Å². The average Bonchev–Trinajstić information content (AvgIpc) is 2.84. The van der Waals surface area contributed by atoms with E-state index in [2.05, 4.69) is 37.4 Å². The monoisotopic (exact) mass is 261 g/mol. The third-order valence-corrected chi connectivity index (χ3v) is 3.63. The zero-order valence-electron chi connectivity index (χ0n) is 12.4. The van der Waals surface area contributed by atoms with Crippen LogP contribution in [0.3, 0.4) is 0 Å². The lowest BCUT2D eigenvalue weighted by atomic mass is 10.0. The van der Waals surface area contributed by atoms with E-state index in [0.717, 1.165) is 37.8 Å². The molecule has 1 N–H and O–H groups in total. The molecule has 0 saturated heterocycles. The quantitative estimate of drug-likeness (QED) is 0.722. The van der Waals surface area contributed by atoms with Crippen LogP contribution in [0.25, 0.3) is 0 Å². The average molecular weight is 261 g/mol. The summed E-state index contributed by atoms with van der Waals surface area (Å²) in [5.74, 6) is 1.86. The minimum Gasteiger partial charge on any atom is -0.493 e. The molecule has 1 aliphatic rings. The van der Waals surface area contributed by atoms with Crippen LogP contribution in [0.4, 0.5) is 0 Å². The van der Waals surface area contributed by atoms with Gasteiger partial charge in [0.25, 0.3) is 0 Å². The van der Waals surface area contributed by atoms with E-state index in [1.54, 1.807) is 0 Å². The number of hydrogen-bond donors (Lipinski definition) is 1. The summed E-state index contributed by atoms with van der Waals surface area (Å²) in [5.41, 5.74) is 2.87. The Bertz CT molecular complexity index is 387. The van der Waals surface area contributed by atoms with E-state index in [1.165, 1.54) is 36.8 Å². The van der Waals surface area contributed by atoms with Gasteiger partial charge in [-0.15, -0.1) is 0 Å². The predicted octanol–water partition coefficient (Wildman–Crippen LogP) is 3.58. The summed E-state index contributed by atoms with van der Waals surface area (Å²) in [7, 11) is 0. The Balaban J connectivity index is 1.58. The normalized spacial score (nSPS) is 13.6. The molecule has 0 spiro atoms. The first-order valence-corrected chi connectivity index (χ1v) is 7.71. The SMILES string of the molecule is CC(C)CNCCCCCc1ccc2c(c1)CCO2. The molecule has 2 nitrogen and oxygen atoms in total. The lowest BCUT2D eigenvalue weighted by molar-refractivity contribution is 0.357. The second kappa shape index (κ2) is 7.54. The predicted molar refractivity (Wildman–Crippen MR) is 80.9 cm³/mol. The van der Waals surface area contributed by atoms with E-state index in [-0.39, 0.29) is 0 Å². The maximum Gasteiger partial charge on any atom is 0.122 e. The Labute approximate surface area is 117 Å².